The summed E-state index contributed by atoms with van der Waals surface area (Å²) in [7, 11) is 1.23. The summed E-state index contributed by atoms with van der Waals surface area (Å²) in [5.74, 6) is -0.943. The van der Waals surface area contributed by atoms with Crippen molar-refractivity contribution in [2.45, 2.75) is 32.5 Å². The number of hydrogen-bond donors (Lipinski definition) is 1. The zero-order valence-electron chi connectivity index (χ0n) is 14.3. The monoisotopic (exact) mass is 392 g/mol. The number of piperidine rings is 1. The number of likely N-dealkylation sites (tertiary alicyclic amines) is 1. The summed E-state index contributed by atoms with van der Waals surface area (Å²) < 4.78 is 43.9. The van der Waals surface area contributed by atoms with E-state index in [0.717, 1.165) is 10.7 Å². The van der Waals surface area contributed by atoms with Gasteiger partial charge in [0, 0.05) is 18.8 Å². The fraction of sp³-hybridized carbons (Fsp3) is 0.600. The van der Waals surface area contributed by atoms with Crippen LogP contribution < -0.4 is 5.73 Å². The van der Waals surface area contributed by atoms with Crippen molar-refractivity contribution in [1.29, 1.82) is 0 Å². The molecule has 0 radical (unpaired) electrons. The van der Waals surface area contributed by atoms with E-state index in [1.807, 2.05) is 0 Å². The largest absolute Gasteiger partial charge is 0.468 e. The molecule has 1 amide bonds. The molecule has 0 spiro atoms. The SMILES string of the molecule is COC(=O)C1(C(N)=S)CCN(C(=O)Cn2nc(C(F)(F)F)cc2C)CC1. The predicted molar refractivity (Wildman–Crippen MR) is 89.0 cm³/mol. The minimum Gasteiger partial charge on any atom is -0.468 e. The summed E-state index contributed by atoms with van der Waals surface area (Å²) in [5.41, 5.74) is 3.76. The number of hydrogen-bond acceptors (Lipinski definition) is 5. The van der Waals surface area contributed by atoms with Crippen molar-refractivity contribution in [2.75, 3.05) is 20.2 Å². The van der Waals surface area contributed by atoms with Crippen LogP contribution in [0.25, 0.3) is 0 Å². The zero-order chi connectivity index (χ0) is 19.7. The maximum Gasteiger partial charge on any atom is 0.435 e. The Morgan fingerprint density at radius 1 is 1.38 bits per heavy atom. The normalized spacial score (nSPS) is 17.0. The summed E-state index contributed by atoms with van der Waals surface area (Å²) in [4.78, 5) is 25.9. The van der Waals surface area contributed by atoms with E-state index in [-0.39, 0.29) is 43.2 Å². The van der Waals surface area contributed by atoms with E-state index < -0.39 is 29.2 Å². The second-order valence-corrected chi connectivity index (χ2v) is 6.58. The number of nitrogens with two attached hydrogens (primary N) is 1. The minimum absolute atomic E-state index is 0.00851. The number of nitrogens with zero attached hydrogens (tertiary/aromatic N) is 3. The molecule has 26 heavy (non-hydrogen) atoms. The van der Waals surface area contributed by atoms with E-state index >= 15 is 0 Å². The van der Waals surface area contributed by atoms with Crippen LogP contribution in [0.4, 0.5) is 13.2 Å². The number of esters is 1. The van der Waals surface area contributed by atoms with Crippen molar-refractivity contribution >= 4 is 29.1 Å². The lowest BCUT2D eigenvalue weighted by Gasteiger charge is -2.38. The number of halogens is 3. The highest BCUT2D eigenvalue weighted by molar-refractivity contribution is 7.80. The summed E-state index contributed by atoms with van der Waals surface area (Å²) in [6, 6.07) is 0.888. The van der Waals surface area contributed by atoms with Crippen molar-refractivity contribution in [2.24, 2.45) is 11.1 Å². The number of aromatic nitrogens is 2. The number of ether oxygens (including phenoxy) is 1. The van der Waals surface area contributed by atoms with Crippen LogP contribution in [-0.2, 0) is 27.0 Å². The van der Waals surface area contributed by atoms with Crippen LogP contribution in [0.5, 0.6) is 0 Å². The molecule has 1 aliphatic heterocycles. The van der Waals surface area contributed by atoms with E-state index in [4.69, 9.17) is 22.7 Å². The van der Waals surface area contributed by atoms with Crippen molar-refractivity contribution in [1.82, 2.24) is 14.7 Å². The van der Waals surface area contributed by atoms with Crippen molar-refractivity contribution in [3.63, 3.8) is 0 Å². The number of carbonyl (C=O) groups excluding carboxylic acids is 2. The molecule has 1 saturated heterocycles. The quantitative estimate of drug-likeness (QED) is 0.613. The van der Waals surface area contributed by atoms with Gasteiger partial charge in [-0.3, -0.25) is 14.3 Å². The molecule has 0 aromatic carbocycles. The first-order valence-electron chi connectivity index (χ1n) is 7.79. The first kappa shape index (κ1) is 20.1. The second kappa shape index (κ2) is 7.22. The molecule has 1 aromatic rings. The Labute approximate surface area is 153 Å². The first-order valence-corrected chi connectivity index (χ1v) is 8.20. The van der Waals surface area contributed by atoms with Crippen molar-refractivity contribution in [3.8, 4) is 0 Å². The minimum atomic E-state index is -4.57. The van der Waals surface area contributed by atoms with Gasteiger partial charge in [0.25, 0.3) is 0 Å². The molecule has 0 atom stereocenters. The Balaban J connectivity index is 2.06. The Morgan fingerprint density at radius 3 is 2.38 bits per heavy atom. The van der Waals surface area contributed by atoms with Gasteiger partial charge in [0.15, 0.2) is 5.69 Å². The average molecular weight is 392 g/mol. The molecule has 1 aromatic heterocycles. The molecule has 1 aliphatic rings. The van der Waals surface area contributed by atoms with E-state index in [1.54, 1.807) is 0 Å². The van der Waals surface area contributed by atoms with E-state index in [9.17, 15) is 22.8 Å². The molecule has 1 fully saturated rings. The van der Waals surface area contributed by atoms with Crippen LogP contribution in [0, 0.1) is 12.3 Å². The lowest BCUT2D eigenvalue weighted by atomic mass is 9.78. The number of amides is 1. The Hall–Kier alpha value is -2.17. The molecule has 11 heteroatoms. The summed E-state index contributed by atoms with van der Waals surface area (Å²) in [5, 5.41) is 3.44. The van der Waals surface area contributed by atoms with Gasteiger partial charge in [-0.1, -0.05) is 12.2 Å². The third kappa shape index (κ3) is 3.81. The highest BCUT2D eigenvalue weighted by Crippen LogP contribution is 2.33. The van der Waals surface area contributed by atoms with Gasteiger partial charge in [-0.15, -0.1) is 0 Å². The van der Waals surface area contributed by atoms with Crippen molar-refractivity contribution in [3.05, 3.63) is 17.5 Å². The number of thiocarbonyl (C=S) groups is 1. The van der Waals surface area contributed by atoms with Crippen molar-refractivity contribution < 1.29 is 27.5 Å². The fourth-order valence-corrected chi connectivity index (χ4v) is 3.21. The summed E-state index contributed by atoms with van der Waals surface area (Å²) >= 11 is 4.99. The zero-order valence-corrected chi connectivity index (χ0v) is 15.1. The van der Waals surface area contributed by atoms with Gasteiger partial charge in [-0.25, -0.2) is 0 Å². The lowest BCUT2D eigenvalue weighted by Crippen LogP contribution is -2.53. The van der Waals surface area contributed by atoms with Crippen LogP contribution >= 0.6 is 12.2 Å². The third-order valence-electron chi connectivity index (χ3n) is 4.57. The average Bonchev–Trinajstić information content (AvgIpc) is 2.95. The molecule has 7 nitrogen and oxygen atoms in total. The number of rotatable bonds is 4. The first-order chi connectivity index (χ1) is 12.0. The van der Waals surface area contributed by atoms with E-state index in [2.05, 4.69) is 5.10 Å². The molecule has 0 saturated carbocycles. The summed E-state index contributed by atoms with van der Waals surface area (Å²) in [6.45, 7) is 1.51. The van der Waals surface area contributed by atoms with Gasteiger partial charge in [-0.2, -0.15) is 18.3 Å². The Bertz CT molecular complexity index is 724. The van der Waals surface area contributed by atoms with Crippen LogP contribution in [-0.4, -0.2) is 51.7 Å². The fourth-order valence-electron chi connectivity index (χ4n) is 2.92. The maximum atomic E-state index is 12.7. The molecular formula is C15H19F3N4O3S. The molecule has 2 heterocycles. The van der Waals surface area contributed by atoms with Gasteiger partial charge >= 0.3 is 12.1 Å². The molecule has 0 bridgehead atoms. The highest BCUT2D eigenvalue weighted by Gasteiger charge is 2.46. The maximum absolute atomic E-state index is 12.7. The molecular weight excluding hydrogens is 373 g/mol. The van der Waals surface area contributed by atoms with E-state index in [1.165, 1.54) is 18.9 Å². The Morgan fingerprint density at radius 2 is 1.96 bits per heavy atom. The predicted octanol–water partition coefficient (Wildman–Crippen LogP) is 1.28. The van der Waals surface area contributed by atoms with Gasteiger partial charge in [0.1, 0.15) is 12.0 Å². The highest BCUT2D eigenvalue weighted by atomic mass is 32.1. The third-order valence-corrected chi connectivity index (χ3v) is 4.96. The smallest absolute Gasteiger partial charge is 0.435 e. The van der Waals surface area contributed by atoms with Gasteiger partial charge in [0.05, 0.1) is 12.1 Å². The lowest BCUT2D eigenvalue weighted by molar-refractivity contribution is -0.152. The van der Waals surface area contributed by atoms with Gasteiger partial charge in [0.2, 0.25) is 5.91 Å². The standard InChI is InChI=1S/C15H19F3N4O3S/c1-9-7-10(15(16,17)18)20-22(9)8-11(23)21-5-3-14(4-6-21,12(19)26)13(24)25-2/h7H,3-6,8H2,1-2H3,(H2,19,26). The molecule has 0 unspecified atom stereocenters. The van der Waals surface area contributed by atoms with Crippen LogP contribution in [0.1, 0.15) is 24.2 Å². The van der Waals surface area contributed by atoms with Gasteiger partial charge < -0.3 is 15.4 Å². The number of carbonyl (C=O) groups is 2. The number of aryl methyl sites for hydroxylation is 1. The second-order valence-electron chi connectivity index (χ2n) is 6.15. The summed E-state index contributed by atoms with van der Waals surface area (Å²) in [6.07, 6.45) is -4.17. The topological polar surface area (TPSA) is 90.5 Å². The van der Waals surface area contributed by atoms with Crippen LogP contribution in [0.15, 0.2) is 6.07 Å². The molecule has 0 aliphatic carbocycles. The molecule has 2 N–H and O–H groups in total. The number of methoxy groups -OCH3 is 1. The van der Waals surface area contributed by atoms with Crippen LogP contribution in [0.2, 0.25) is 0 Å². The Kier molecular flexibility index (Phi) is 5.59. The van der Waals surface area contributed by atoms with Gasteiger partial charge in [-0.05, 0) is 25.8 Å². The number of alkyl halides is 3. The van der Waals surface area contributed by atoms with Crippen LogP contribution in [0.3, 0.4) is 0 Å². The van der Waals surface area contributed by atoms with E-state index in [0.29, 0.717) is 0 Å². The molecule has 2 rings (SSSR count). The molecule has 144 valence electrons.